The summed E-state index contributed by atoms with van der Waals surface area (Å²) in [5.74, 6) is 0.186. The minimum Gasteiger partial charge on any atom is -0.506 e. The van der Waals surface area contributed by atoms with Gasteiger partial charge in [-0.2, -0.15) is 5.10 Å². The van der Waals surface area contributed by atoms with Gasteiger partial charge < -0.3 is 9.84 Å². The molecule has 2 aromatic rings. The number of aromatic hydroxyl groups is 1. The first-order valence-corrected chi connectivity index (χ1v) is 8.72. The zero-order valence-corrected chi connectivity index (χ0v) is 16.4. The monoisotopic (exact) mass is 474 g/mol. The van der Waals surface area contributed by atoms with Crippen LogP contribution in [0.2, 0.25) is 5.02 Å². The molecule has 24 heavy (non-hydrogen) atoms. The summed E-state index contributed by atoms with van der Waals surface area (Å²) in [6.07, 6.45) is 1.34. The van der Waals surface area contributed by atoms with E-state index in [-0.39, 0.29) is 12.4 Å². The third-order valence-electron chi connectivity index (χ3n) is 2.95. The van der Waals surface area contributed by atoms with E-state index < -0.39 is 5.91 Å². The molecule has 2 aromatic carbocycles. The quantitative estimate of drug-likeness (QED) is 0.496. The van der Waals surface area contributed by atoms with E-state index in [2.05, 4.69) is 42.4 Å². The molecule has 0 saturated heterocycles. The second kappa shape index (κ2) is 8.50. The van der Waals surface area contributed by atoms with Crippen molar-refractivity contribution in [1.29, 1.82) is 0 Å². The number of aryl methyl sites for hydroxylation is 1. The zero-order valence-electron chi connectivity index (χ0n) is 12.5. The number of hydrazone groups is 1. The van der Waals surface area contributed by atoms with E-state index in [4.69, 9.17) is 16.3 Å². The molecule has 2 rings (SSSR count). The first kappa shape index (κ1) is 18.8. The molecule has 1 amide bonds. The predicted octanol–water partition coefficient (Wildman–Crippen LogP) is 4.41. The number of hydrogen-bond acceptors (Lipinski definition) is 4. The Kier molecular flexibility index (Phi) is 6.65. The highest BCUT2D eigenvalue weighted by Crippen LogP contribution is 2.30. The van der Waals surface area contributed by atoms with Crippen LogP contribution in [0.4, 0.5) is 0 Å². The first-order chi connectivity index (χ1) is 11.4. The minimum atomic E-state index is -0.422. The van der Waals surface area contributed by atoms with Crippen molar-refractivity contribution in [2.45, 2.75) is 6.92 Å². The average Bonchev–Trinajstić information content (AvgIpc) is 2.51. The van der Waals surface area contributed by atoms with Crippen LogP contribution in [0.15, 0.2) is 44.4 Å². The average molecular weight is 477 g/mol. The zero-order chi connectivity index (χ0) is 17.7. The number of halogens is 3. The van der Waals surface area contributed by atoms with E-state index in [9.17, 15) is 9.90 Å². The van der Waals surface area contributed by atoms with Crippen LogP contribution < -0.4 is 10.2 Å². The van der Waals surface area contributed by atoms with Gasteiger partial charge in [0.15, 0.2) is 6.61 Å². The summed E-state index contributed by atoms with van der Waals surface area (Å²) in [6, 6.07) is 8.51. The number of amides is 1. The number of phenols is 1. The lowest BCUT2D eigenvalue weighted by atomic mass is 10.2. The minimum absolute atomic E-state index is 0.0317. The summed E-state index contributed by atoms with van der Waals surface area (Å²) in [6.45, 7) is 1.65. The topological polar surface area (TPSA) is 70.9 Å². The Hall–Kier alpha value is -1.57. The molecule has 0 aromatic heterocycles. The molecule has 8 heteroatoms. The van der Waals surface area contributed by atoms with Gasteiger partial charge in [-0.25, -0.2) is 5.43 Å². The van der Waals surface area contributed by atoms with Crippen LogP contribution in [0.5, 0.6) is 11.5 Å². The molecule has 0 aliphatic carbocycles. The van der Waals surface area contributed by atoms with Crippen LogP contribution in [-0.2, 0) is 4.79 Å². The lowest BCUT2D eigenvalue weighted by Gasteiger charge is -2.08. The molecule has 0 aliphatic rings. The molecular weight excluding hydrogens is 463 g/mol. The summed E-state index contributed by atoms with van der Waals surface area (Å²) >= 11 is 12.4. The van der Waals surface area contributed by atoms with Crippen LogP contribution in [-0.4, -0.2) is 23.8 Å². The van der Waals surface area contributed by atoms with E-state index >= 15 is 0 Å². The van der Waals surface area contributed by atoms with Crippen molar-refractivity contribution in [3.63, 3.8) is 0 Å². The number of carbonyl (C=O) groups excluding carboxylic acids is 1. The summed E-state index contributed by atoms with van der Waals surface area (Å²) in [7, 11) is 0. The first-order valence-electron chi connectivity index (χ1n) is 6.75. The number of rotatable bonds is 5. The molecule has 0 saturated carbocycles. The standard InChI is InChI=1S/C16H13Br2ClN2O3/c1-9-4-12(19)2-3-14(9)24-8-15(22)21-20-7-10-5-11(17)6-13(18)16(10)23/h2-7,23H,8H2,1H3,(H,21,22)/b20-7-. The Labute approximate surface area is 160 Å². The Morgan fingerprint density at radius 2 is 2.12 bits per heavy atom. The van der Waals surface area contributed by atoms with Crippen molar-refractivity contribution in [2.75, 3.05) is 6.61 Å². The Bertz CT molecular complexity index is 797. The molecular formula is C16H13Br2ClN2O3. The van der Waals surface area contributed by atoms with Gasteiger partial charge in [0.1, 0.15) is 11.5 Å². The van der Waals surface area contributed by atoms with Gasteiger partial charge in [-0.1, -0.05) is 27.5 Å². The highest BCUT2D eigenvalue weighted by Gasteiger charge is 2.07. The van der Waals surface area contributed by atoms with Crippen LogP contribution in [0.25, 0.3) is 0 Å². The Balaban J connectivity index is 1.91. The van der Waals surface area contributed by atoms with E-state index in [1.165, 1.54) is 6.21 Å². The molecule has 0 unspecified atom stereocenters. The van der Waals surface area contributed by atoms with Gasteiger partial charge in [0, 0.05) is 15.1 Å². The third-order valence-corrected chi connectivity index (χ3v) is 4.24. The largest absolute Gasteiger partial charge is 0.506 e. The fourth-order valence-corrected chi connectivity index (χ4v) is 3.29. The van der Waals surface area contributed by atoms with Crippen molar-refractivity contribution in [3.8, 4) is 11.5 Å². The lowest BCUT2D eigenvalue weighted by Crippen LogP contribution is -2.24. The molecule has 0 fully saturated rings. The maximum atomic E-state index is 11.7. The second-order valence-corrected chi connectivity index (χ2v) is 7.02. The van der Waals surface area contributed by atoms with Crippen molar-refractivity contribution in [3.05, 3.63) is 55.4 Å². The van der Waals surface area contributed by atoms with Crippen molar-refractivity contribution >= 4 is 55.6 Å². The fourth-order valence-electron chi connectivity index (χ4n) is 1.81. The van der Waals surface area contributed by atoms with Crippen molar-refractivity contribution < 1.29 is 14.6 Å². The highest BCUT2D eigenvalue weighted by atomic mass is 79.9. The number of hydrogen-bond donors (Lipinski definition) is 2. The molecule has 0 bridgehead atoms. The number of benzene rings is 2. The summed E-state index contributed by atoms with van der Waals surface area (Å²) in [4.78, 5) is 11.7. The molecule has 0 spiro atoms. The van der Waals surface area contributed by atoms with Gasteiger partial charge in [0.25, 0.3) is 5.91 Å². The van der Waals surface area contributed by atoms with E-state index in [1.54, 1.807) is 30.3 Å². The summed E-state index contributed by atoms with van der Waals surface area (Å²) in [5.41, 5.74) is 3.62. The van der Waals surface area contributed by atoms with Gasteiger partial charge in [0.05, 0.1) is 10.7 Å². The Morgan fingerprint density at radius 1 is 1.38 bits per heavy atom. The lowest BCUT2D eigenvalue weighted by molar-refractivity contribution is -0.123. The predicted molar refractivity (Wildman–Crippen MR) is 101 cm³/mol. The molecule has 0 heterocycles. The van der Waals surface area contributed by atoms with Crippen molar-refractivity contribution in [2.24, 2.45) is 5.10 Å². The smallest absolute Gasteiger partial charge is 0.277 e. The summed E-state index contributed by atoms with van der Waals surface area (Å²) in [5, 5.41) is 14.3. The van der Waals surface area contributed by atoms with Gasteiger partial charge in [-0.3, -0.25) is 4.79 Å². The maximum absolute atomic E-state index is 11.7. The highest BCUT2D eigenvalue weighted by molar-refractivity contribution is 9.11. The maximum Gasteiger partial charge on any atom is 0.277 e. The van der Waals surface area contributed by atoms with Crippen LogP contribution in [0.1, 0.15) is 11.1 Å². The second-order valence-electron chi connectivity index (χ2n) is 4.82. The fraction of sp³-hybridized carbons (Fsp3) is 0.125. The molecule has 0 aliphatic heterocycles. The van der Waals surface area contributed by atoms with Gasteiger partial charge in [0.2, 0.25) is 0 Å². The van der Waals surface area contributed by atoms with E-state index in [0.29, 0.717) is 20.8 Å². The van der Waals surface area contributed by atoms with Gasteiger partial charge >= 0.3 is 0 Å². The number of phenolic OH excluding ortho intramolecular Hbond substituents is 1. The van der Waals surface area contributed by atoms with Crippen LogP contribution in [0, 0.1) is 6.92 Å². The third kappa shape index (κ3) is 5.22. The van der Waals surface area contributed by atoms with E-state index in [0.717, 1.165) is 10.0 Å². The SMILES string of the molecule is Cc1cc(Cl)ccc1OCC(=O)N/N=C\c1cc(Br)cc(Br)c1O. The molecule has 5 nitrogen and oxygen atoms in total. The number of carbonyl (C=O) groups is 1. The number of nitrogens with one attached hydrogen (secondary N) is 1. The molecule has 0 radical (unpaired) electrons. The molecule has 2 N–H and O–H groups in total. The molecule has 0 atom stereocenters. The van der Waals surface area contributed by atoms with E-state index in [1.807, 2.05) is 6.92 Å². The normalized spacial score (nSPS) is 10.8. The number of nitrogens with zero attached hydrogens (tertiary/aromatic N) is 1. The van der Waals surface area contributed by atoms with Crippen LogP contribution >= 0.6 is 43.5 Å². The van der Waals surface area contributed by atoms with Gasteiger partial charge in [-0.15, -0.1) is 0 Å². The van der Waals surface area contributed by atoms with Crippen LogP contribution in [0.3, 0.4) is 0 Å². The van der Waals surface area contributed by atoms with Gasteiger partial charge in [-0.05, 0) is 58.7 Å². The number of ether oxygens (including phenoxy) is 1. The van der Waals surface area contributed by atoms with Crippen molar-refractivity contribution in [1.82, 2.24) is 5.43 Å². The summed E-state index contributed by atoms with van der Waals surface area (Å²) < 4.78 is 6.69. The Morgan fingerprint density at radius 3 is 2.83 bits per heavy atom. The molecule has 126 valence electrons.